The lowest BCUT2D eigenvalue weighted by Gasteiger charge is -2.12. The molecule has 0 radical (unpaired) electrons. The summed E-state index contributed by atoms with van der Waals surface area (Å²) in [7, 11) is 5.56. The first-order valence-corrected chi connectivity index (χ1v) is 9.99. The lowest BCUT2D eigenvalue weighted by atomic mass is 10.2. The number of nitrogens with zero attached hydrogens (tertiary/aromatic N) is 3. The van der Waals surface area contributed by atoms with Crippen molar-refractivity contribution in [2.75, 3.05) is 45.9 Å². The van der Waals surface area contributed by atoms with Gasteiger partial charge in [-0.2, -0.15) is 0 Å². The Balaban J connectivity index is 2.00. The molecule has 0 spiro atoms. The van der Waals surface area contributed by atoms with E-state index in [1.54, 1.807) is 18.4 Å². The molecule has 0 saturated carbocycles. The van der Waals surface area contributed by atoms with Gasteiger partial charge in [0.25, 0.3) is 0 Å². The standard InChI is InChI=1S/C19H29N5O3S/c1-5-20-18(22-12-15-13-28-19(23-15)24(2)3)21-11-14-6-7-16(27-9-8-25)17(10-14)26-4/h6-7,10,13,25H,5,8-9,11-12H2,1-4H3,(H2,20,21,22). The van der Waals surface area contributed by atoms with Crippen molar-refractivity contribution < 1.29 is 14.6 Å². The summed E-state index contributed by atoms with van der Waals surface area (Å²) >= 11 is 1.62. The number of anilines is 1. The molecule has 9 heteroatoms. The van der Waals surface area contributed by atoms with Crippen molar-refractivity contribution in [2.24, 2.45) is 4.99 Å². The fourth-order valence-electron chi connectivity index (χ4n) is 2.35. The van der Waals surface area contributed by atoms with E-state index in [1.807, 2.05) is 49.5 Å². The van der Waals surface area contributed by atoms with Gasteiger partial charge in [0.2, 0.25) is 0 Å². The minimum Gasteiger partial charge on any atom is -0.493 e. The van der Waals surface area contributed by atoms with E-state index in [2.05, 4.69) is 20.6 Å². The smallest absolute Gasteiger partial charge is 0.191 e. The van der Waals surface area contributed by atoms with Gasteiger partial charge in [0, 0.05) is 26.0 Å². The van der Waals surface area contributed by atoms with Gasteiger partial charge in [0.1, 0.15) is 6.61 Å². The highest BCUT2D eigenvalue weighted by atomic mass is 32.1. The van der Waals surface area contributed by atoms with E-state index in [0.717, 1.165) is 28.9 Å². The zero-order valence-electron chi connectivity index (χ0n) is 16.9. The number of benzene rings is 1. The molecule has 0 fully saturated rings. The number of thiazole rings is 1. The fourth-order valence-corrected chi connectivity index (χ4v) is 3.11. The molecule has 1 aromatic carbocycles. The monoisotopic (exact) mass is 407 g/mol. The number of nitrogens with one attached hydrogen (secondary N) is 2. The minimum atomic E-state index is -0.0397. The van der Waals surface area contributed by atoms with Crippen molar-refractivity contribution in [1.29, 1.82) is 0 Å². The molecule has 0 amide bonds. The second-order valence-corrected chi connectivity index (χ2v) is 6.96. The maximum absolute atomic E-state index is 8.90. The first kappa shape index (κ1) is 21.8. The number of hydrogen-bond donors (Lipinski definition) is 3. The molecule has 0 aliphatic rings. The van der Waals surface area contributed by atoms with Crippen LogP contribution in [-0.2, 0) is 13.1 Å². The van der Waals surface area contributed by atoms with E-state index >= 15 is 0 Å². The summed E-state index contributed by atoms with van der Waals surface area (Å²) in [5.41, 5.74) is 1.97. The van der Waals surface area contributed by atoms with Gasteiger partial charge in [-0.1, -0.05) is 6.07 Å². The number of hydrogen-bond acceptors (Lipinski definition) is 7. The largest absolute Gasteiger partial charge is 0.493 e. The topological polar surface area (TPSA) is 91.2 Å². The Bertz CT molecular complexity index is 764. The molecule has 1 aromatic heterocycles. The van der Waals surface area contributed by atoms with E-state index in [9.17, 15) is 0 Å². The lowest BCUT2D eigenvalue weighted by Crippen LogP contribution is -2.36. The third kappa shape index (κ3) is 6.58. The van der Waals surface area contributed by atoms with Crippen molar-refractivity contribution >= 4 is 22.4 Å². The molecule has 2 aromatic rings. The van der Waals surface area contributed by atoms with Crippen LogP contribution < -0.4 is 25.0 Å². The van der Waals surface area contributed by atoms with Crippen LogP contribution in [0.4, 0.5) is 5.13 Å². The second kappa shape index (κ2) is 11.4. The maximum Gasteiger partial charge on any atom is 0.191 e. The molecule has 3 N–H and O–H groups in total. The Morgan fingerprint density at radius 1 is 1.29 bits per heavy atom. The van der Waals surface area contributed by atoms with Gasteiger partial charge in [-0.3, -0.25) is 0 Å². The summed E-state index contributed by atoms with van der Waals surface area (Å²) in [6, 6.07) is 5.66. The number of rotatable bonds is 10. The summed E-state index contributed by atoms with van der Waals surface area (Å²) in [5.74, 6) is 1.95. The first-order valence-electron chi connectivity index (χ1n) is 9.11. The zero-order chi connectivity index (χ0) is 20.4. The SMILES string of the molecule is CCNC(=NCc1ccc(OCCO)c(OC)c1)NCc1csc(N(C)C)n1. The van der Waals surface area contributed by atoms with Gasteiger partial charge in [0.15, 0.2) is 22.6 Å². The normalized spacial score (nSPS) is 11.2. The van der Waals surface area contributed by atoms with E-state index in [-0.39, 0.29) is 13.2 Å². The summed E-state index contributed by atoms with van der Waals surface area (Å²) in [4.78, 5) is 11.2. The highest BCUT2D eigenvalue weighted by Crippen LogP contribution is 2.28. The van der Waals surface area contributed by atoms with Crippen molar-refractivity contribution in [2.45, 2.75) is 20.0 Å². The van der Waals surface area contributed by atoms with Crippen LogP contribution in [0.1, 0.15) is 18.2 Å². The van der Waals surface area contributed by atoms with Gasteiger partial charge in [0.05, 0.1) is 32.5 Å². The van der Waals surface area contributed by atoms with Gasteiger partial charge in [-0.05, 0) is 24.6 Å². The summed E-state index contributed by atoms with van der Waals surface area (Å²) < 4.78 is 10.8. The lowest BCUT2D eigenvalue weighted by molar-refractivity contribution is 0.196. The molecule has 0 saturated heterocycles. The molecule has 8 nitrogen and oxygen atoms in total. The molecule has 28 heavy (non-hydrogen) atoms. The minimum absolute atomic E-state index is 0.0397. The third-order valence-corrected chi connectivity index (χ3v) is 4.76. The Kier molecular flexibility index (Phi) is 8.83. The predicted molar refractivity (Wildman–Crippen MR) is 114 cm³/mol. The molecular weight excluding hydrogens is 378 g/mol. The Morgan fingerprint density at radius 2 is 2.11 bits per heavy atom. The van der Waals surface area contributed by atoms with Gasteiger partial charge >= 0.3 is 0 Å². The highest BCUT2D eigenvalue weighted by Gasteiger charge is 2.07. The van der Waals surface area contributed by atoms with Gasteiger partial charge in [-0.15, -0.1) is 11.3 Å². The number of aliphatic hydroxyl groups is 1. The van der Waals surface area contributed by atoms with Crippen LogP contribution in [0, 0.1) is 0 Å². The van der Waals surface area contributed by atoms with Gasteiger partial charge < -0.3 is 30.1 Å². The van der Waals surface area contributed by atoms with Crippen LogP contribution in [-0.4, -0.2) is 57.0 Å². The van der Waals surface area contributed by atoms with Crippen LogP contribution in [0.15, 0.2) is 28.6 Å². The number of aliphatic imine (C=N–C) groups is 1. The fraction of sp³-hybridized carbons (Fsp3) is 0.474. The highest BCUT2D eigenvalue weighted by molar-refractivity contribution is 7.13. The van der Waals surface area contributed by atoms with Crippen molar-refractivity contribution in [1.82, 2.24) is 15.6 Å². The van der Waals surface area contributed by atoms with Crippen LogP contribution >= 0.6 is 11.3 Å². The predicted octanol–water partition coefficient (Wildman–Crippen LogP) is 1.84. The molecule has 0 bridgehead atoms. The van der Waals surface area contributed by atoms with Crippen LogP contribution in [0.25, 0.3) is 0 Å². The Morgan fingerprint density at radius 3 is 2.75 bits per heavy atom. The number of methoxy groups -OCH3 is 1. The second-order valence-electron chi connectivity index (χ2n) is 6.12. The van der Waals surface area contributed by atoms with Crippen LogP contribution in [0.5, 0.6) is 11.5 Å². The van der Waals surface area contributed by atoms with Gasteiger partial charge in [-0.25, -0.2) is 9.98 Å². The van der Waals surface area contributed by atoms with Crippen LogP contribution in [0.2, 0.25) is 0 Å². The quantitative estimate of drug-likeness (QED) is 0.409. The maximum atomic E-state index is 8.90. The van der Waals surface area contributed by atoms with Crippen LogP contribution in [0.3, 0.4) is 0 Å². The average Bonchev–Trinajstić information content (AvgIpc) is 3.18. The molecule has 1 heterocycles. The number of aromatic nitrogens is 1. The van der Waals surface area contributed by atoms with E-state index < -0.39 is 0 Å². The zero-order valence-corrected chi connectivity index (χ0v) is 17.7. The van der Waals surface area contributed by atoms with Crippen molar-refractivity contribution in [3.63, 3.8) is 0 Å². The molecule has 0 aliphatic carbocycles. The van der Waals surface area contributed by atoms with E-state index in [4.69, 9.17) is 14.6 Å². The average molecular weight is 408 g/mol. The first-order chi connectivity index (χ1) is 13.6. The number of ether oxygens (including phenoxy) is 2. The Hall–Kier alpha value is -2.52. The molecule has 2 rings (SSSR count). The summed E-state index contributed by atoms with van der Waals surface area (Å²) in [6.07, 6.45) is 0. The van der Waals surface area contributed by atoms with E-state index in [1.165, 1.54) is 0 Å². The molecule has 0 unspecified atom stereocenters. The van der Waals surface area contributed by atoms with E-state index in [0.29, 0.717) is 24.6 Å². The molecule has 0 aliphatic heterocycles. The number of guanidine groups is 1. The molecule has 154 valence electrons. The summed E-state index contributed by atoms with van der Waals surface area (Å²) in [6.45, 7) is 4.08. The van der Waals surface area contributed by atoms with Crippen molar-refractivity contribution in [3.05, 3.63) is 34.8 Å². The molecular formula is C19H29N5O3S. The van der Waals surface area contributed by atoms with Crippen molar-refractivity contribution in [3.8, 4) is 11.5 Å². The summed E-state index contributed by atoms with van der Waals surface area (Å²) in [5, 5.41) is 18.5. The molecule has 0 atom stereocenters. The Labute approximate surface area is 170 Å². The number of aliphatic hydroxyl groups excluding tert-OH is 1. The third-order valence-electron chi connectivity index (χ3n) is 3.70.